The fraction of sp³-hybridized carbons (Fsp3) is 0.200. The van der Waals surface area contributed by atoms with Gasteiger partial charge in [-0.25, -0.2) is 4.39 Å². The molecule has 8 heteroatoms. The Morgan fingerprint density at radius 2 is 1.97 bits per heavy atom. The van der Waals surface area contributed by atoms with Crippen molar-refractivity contribution in [3.8, 4) is 11.1 Å². The predicted octanol–water partition coefficient (Wildman–Crippen LogP) is 6.31. The molecule has 2 unspecified atom stereocenters. The van der Waals surface area contributed by atoms with E-state index < -0.39 is 11.7 Å². The van der Waals surface area contributed by atoms with Gasteiger partial charge in [-0.15, -0.1) is 0 Å². The molecule has 1 saturated heterocycles. The summed E-state index contributed by atoms with van der Waals surface area (Å²) in [7, 11) is 0. The average molecular weight is 544 g/mol. The number of carbonyl (C=O) groups excluding carboxylic acids is 2. The van der Waals surface area contributed by atoms with Crippen LogP contribution in [0.5, 0.6) is 0 Å². The van der Waals surface area contributed by atoms with Crippen molar-refractivity contribution in [1.82, 2.24) is 10.2 Å². The van der Waals surface area contributed by atoms with Crippen molar-refractivity contribution in [2.45, 2.75) is 12.5 Å². The van der Waals surface area contributed by atoms with Crippen LogP contribution in [-0.4, -0.2) is 40.7 Å². The highest BCUT2D eigenvalue weighted by Crippen LogP contribution is 2.37. The largest absolute Gasteiger partial charge is 0.366 e. The molecule has 3 heterocycles. The second kappa shape index (κ2) is 10.6. The summed E-state index contributed by atoms with van der Waals surface area (Å²) in [5.41, 5.74) is 4.83. The SMILES string of the molecule is O=C(Nc1ccc(C(=O)C2CC=CC3=CNC=C4CSCCN4C32)c(F)c1)c1ccccc1-c1ccsc1. The lowest BCUT2D eigenvalue weighted by atomic mass is 9.79. The first kappa shape index (κ1) is 24.7. The van der Waals surface area contributed by atoms with Crippen LogP contribution in [0.2, 0.25) is 0 Å². The topological polar surface area (TPSA) is 61.4 Å². The van der Waals surface area contributed by atoms with Gasteiger partial charge < -0.3 is 15.5 Å². The summed E-state index contributed by atoms with van der Waals surface area (Å²) in [4.78, 5) is 29.1. The molecule has 0 saturated carbocycles. The highest BCUT2D eigenvalue weighted by molar-refractivity contribution is 7.99. The number of hydrogen-bond acceptors (Lipinski definition) is 6. The second-order valence-electron chi connectivity index (χ2n) is 9.45. The molecule has 0 spiro atoms. The third-order valence-electron chi connectivity index (χ3n) is 7.19. The van der Waals surface area contributed by atoms with Crippen LogP contribution in [0.15, 0.2) is 95.1 Å². The summed E-state index contributed by atoms with van der Waals surface area (Å²) in [6.07, 6.45) is 8.55. The van der Waals surface area contributed by atoms with Gasteiger partial charge in [0.15, 0.2) is 5.78 Å². The molecule has 38 heavy (non-hydrogen) atoms. The van der Waals surface area contributed by atoms with E-state index in [1.165, 1.54) is 12.1 Å². The molecule has 1 aromatic heterocycles. The van der Waals surface area contributed by atoms with Gasteiger partial charge in [0.2, 0.25) is 0 Å². The molecule has 1 aliphatic carbocycles. The van der Waals surface area contributed by atoms with E-state index in [9.17, 15) is 9.59 Å². The number of nitrogens with zero attached hydrogens (tertiary/aromatic N) is 1. The van der Waals surface area contributed by atoms with E-state index in [-0.39, 0.29) is 23.3 Å². The Kier molecular flexibility index (Phi) is 6.91. The number of anilines is 1. The van der Waals surface area contributed by atoms with Crippen LogP contribution in [0.3, 0.4) is 0 Å². The number of rotatable bonds is 5. The number of fused-ring (bicyclic) bond motifs is 3. The van der Waals surface area contributed by atoms with Crippen LogP contribution in [-0.2, 0) is 0 Å². The van der Waals surface area contributed by atoms with E-state index in [2.05, 4.69) is 21.6 Å². The van der Waals surface area contributed by atoms with Gasteiger partial charge in [-0.05, 0) is 64.2 Å². The Morgan fingerprint density at radius 1 is 1.08 bits per heavy atom. The number of nitrogens with one attached hydrogen (secondary N) is 2. The average Bonchev–Trinajstić information content (AvgIpc) is 3.41. The number of amides is 1. The maximum atomic E-state index is 15.4. The Hall–Kier alpha value is -3.62. The molecule has 5 nitrogen and oxygen atoms in total. The van der Waals surface area contributed by atoms with Gasteiger partial charge in [0.05, 0.1) is 17.5 Å². The molecule has 3 aromatic rings. The lowest BCUT2D eigenvalue weighted by Gasteiger charge is -2.42. The lowest BCUT2D eigenvalue weighted by Crippen LogP contribution is -2.47. The number of carbonyl (C=O) groups is 2. The summed E-state index contributed by atoms with van der Waals surface area (Å²) in [6, 6.07) is 13.5. The number of benzene rings is 2. The van der Waals surface area contributed by atoms with Crippen LogP contribution >= 0.6 is 23.1 Å². The fourth-order valence-corrected chi connectivity index (χ4v) is 6.96. The lowest BCUT2D eigenvalue weighted by molar-refractivity contribution is 0.0846. The van der Waals surface area contributed by atoms with Crippen LogP contribution < -0.4 is 10.6 Å². The van der Waals surface area contributed by atoms with Crippen molar-refractivity contribution < 1.29 is 14.0 Å². The van der Waals surface area contributed by atoms with Crippen molar-refractivity contribution in [3.63, 3.8) is 0 Å². The zero-order valence-electron chi connectivity index (χ0n) is 20.5. The van der Waals surface area contributed by atoms with Gasteiger partial charge in [0.1, 0.15) is 5.82 Å². The Labute approximate surface area is 229 Å². The number of ketones is 1. The molecule has 0 bridgehead atoms. The maximum absolute atomic E-state index is 15.4. The van der Waals surface area contributed by atoms with Gasteiger partial charge in [-0.3, -0.25) is 9.59 Å². The summed E-state index contributed by atoms with van der Waals surface area (Å²) in [5, 5.41) is 10.0. The number of halogens is 1. The van der Waals surface area contributed by atoms with Gasteiger partial charge in [-0.1, -0.05) is 30.4 Å². The molecule has 192 valence electrons. The summed E-state index contributed by atoms with van der Waals surface area (Å²) < 4.78 is 15.4. The van der Waals surface area contributed by atoms with E-state index in [0.29, 0.717) is 17.7 Å². The molecule has 2 aromatic carbocycles. The molecule has 1 fully saturated rings. The molecule has 3 aliphatic rings. The van der Waals surface area contributed by atoms with Gasteiger partial charge in [0.25, 0.3) is 5.91 Å². The second-order valence-corrected chi connectivity index (χ2v) is 11.3. The summed E-state index contributed by atoms with van der Waals surface area (Å²) >= 11 is 3.43. The zero-order valence-corrected chi connectivity index (χ0v) is 22.2. The molecule has 2 aliphatic heterocycles. The first-order valence-electron chi connectivity index (χ1n) is 12.5. The Balaban J connectivity index is 1.24. The van der Waals surface area contributed by atoms with Gasteiger partial charge in [0, 0.05) is 47.4 Å². The smallest absolute Gasteiger partial charge is 0.256 e. The highest BCUT2D eigenvalue weighted by atomic mass is 32.2. The monoisotopic (exact) mass is 543 g/mol. The molecular formula is C30H26FN3O2S2. The maximum Gasteiger partial charge on any atom is 0.256 e. The van der Waals surface area contributed by atoms with Crippen LogP contribution in [0, 0.1) is 11.7 Å². The van der Waals surface area contributed by atoms with Crippen molar-refractivity contribution in [2.24, 2.45) is 5.92 Å². The van der Waals surface area contributed by atoms with E-state index >= 15 is 4.39 Å². The van der Waals surface area contributed by atoms with Crippen molar-refractivity contribution in [1.29, 1.82) is 0 Å². The first-order valence-corrected chi connectivity index (χ1v) is 14.6. The van der Waals surface area contributed by atoms with Gasteiger partial charge in [-0.2, -0.15) is 23.1 Å². The number of hydrogen-bond donors (Lipinski definition) is 2. The minimum atomic E-state index is -0.629. The molecule has 2 atom stereocenters. The van der Waals surface area contributed by atoms with E-state index in [1.807, 2.05) is 59.2 Å². The number of thioether (sulfide) groups is 1. The third kappa shape index (κ3) is 4.70. The minimum Gasteiger partial charge on any atom is -0.366 e. The van der Waals surface area contributed by atoms with Crippen molar-refractivity contribution in [2.75, 3.05) is 23.4 Å². The van der Waals surface area contributed by atoms with E-state index in [4.69, 9.17) is 0 Å². The van der Waals surface area contributed by atoms with Crippen LogP contribution in [0.25, 0.3) is 11.1 Å². The van der Waals surface area contributed by atoms with Gasteiger partial charge >= 0.3 is 0 Å². The molecule has 0 radical (unpaired) electrons. The normalized spacial score (nSPS) is 20.3. The quantitative estimate of drug-likeness (QED) is 0.369. The molecule has 6 rings (SSSR count). The molecule has 2 N–H and O–H groups in total. The van der Waals surface area contributed by atoms with Crippen LogP contribution in [0.1, 0.15) is 27.1 Å². The predicted molar refractivity (Wildman–Crippen MR) is 153 cm³/mol. The number of Topliss-reactive ketones (excluding diaryl/α,β-unsaturated/α-hetero) is 1. The van der Waals surface area contributed by atoms with Crippen molar-refractivity contribution in [3.05, 3.63) is 112 Å². The molecule has 1 amide bonds. The fourth-order valence-electron chi connectivity index (χ4n) is 5.38. The number of thiophene rings is 1. The first-order chi connectivity index (χ1) is 18.6. The van der Waals surface area contributed by atoms with Crippen molar-refractivity contribution >= 4 is 40.5 Å². The minimum absolute atomic E-state index is 0.0513. The third-order valence-corrected chi connectivity index (χ3v) is 8.84. The Bertz CT molecular complexity index is 1480. The standard InChI is InChI=1S/C30H26FN3O2S2/c31-27-14-21(33-30(36)24-6-2-1-5-23(24)20-10-12-37-17-20)8-9-25(27)29(35)26-7-3-4-19-15-32-16-22-18-38-13-11-34(22)28(19)26/h1-6,8-10,12,14-17,26,28,32H,7,11,13,18H2,(H,33,36). The van der Waals surface area contributed by atoms with Crippen LogP contribution in [0.4, 0.5) is 10.1 Å². The highest BCUT2D eigenvalue weighted by Gasteiger charge is 2.39. The summed E-state index contributed by atoms with van der Waals surface area (Å²) in [6.45, 7) is 0.845. The van der Waals surface area contributed by atoms with E-state index in [0.717, 1.165) is 40.4 Å². The number of allylic oxidation sites excluding steroid dienone is 1. The summed E-state index contributed by atoms with van der Waals surface area (Å²) in [5.74, 6) is 0.298. The molecular weight excluding hydrogens is 517 g/mol. The van der Waals surface area contributed by atoms with E-state index in [1.54, 1.807) is 29.5 Å². The zero-order chi connectivity index (χ0) is 26.1. The Morgan fingerprint density at radius 3 is 2.82 bits per heavy atom.